The Hall–Kier alpha value is -1.22. The van der Waals surface area contributed by atoms with E-state index in [1.807, 2.05) is 4.90 Å². The monoisotopic (exact) mass is 281 g/mol. The van der Waals surface area contributed by atoms with E-state index in [0.717, 1.165) is 19.5 Å². The molecule has 1 saturated heterocycles. The third-order valence-electron chi connectivity index (χ3n) is 4.04. The topological polar surface area (TPSA) is 40.5 Å². The van der Waals surface area contributed by atoms with Gasteiger partial charge in [0.2, 0.25) is 0 Å². The quantitative estimate of drug-likeness (QED) is 0.902. The molecule has 4 heteroatoms. The standard InChI is InChI=1S/C15H20ClNO2/c1-9(2)11-6-7-17(8-11)15(19)12-4-5-13(18)10(3)14(12)16/h4-5,9,11,18H,6-8H2,1-3H3. The zero-order valence-corrected chi connectivity index (χ0v) is 12.4. The molecule has 0 aliphatic carbocycles. The van der Waals surface area contributed by atoms with Gasteiger partial charge in [0.25, 0.3) is 5.91 Å². The Balaban J connectivity index is 2.20. The van der Waals surface area contributed by atoms with Crippen LogP contribution in [0, 0.1) is 18.8 Å². The summed E-state index contributed by atoms with van der Waals surface area (Å²) >= 11 is 6.16. The van der Waals surface area contributed by atoms with E-state index in [-0.39, 0.29) is 11.7 Å². The molecule has 1 aromatic rings. The summed E-state index contributed by atoms with van der Waals surface area (Å²) in [5.41, 5.74) is 1.05. The summed E-state index contributed by atoms with van der Waals surface area (Å²) in [6, 6.07) is 3.14. The highest BCUT2D eigenvalue weighted by molar-refractivity contribution is 6.34. The number of halogens is 1. The van der Waals surface area contributed by atoms with E-state index < -0.39 is 0 Å². The largest absolute Gasteiger partial charge is 0.508 e. The molecule has 104 valence electrons. The molecule has 0 aromatic heterocycles. The number of hydrogen-bond acceptors (Lipinski definition) is 2. The van der Waals surface area contributed by atoms with E-state index in [0.29, 0.717) is 28.0 Å². The van der Waals surface area contributed by atoms with Crippen molar-refractivity contribution in [3.8, 4) is 5.75 Å². The van der Waals surface area contributed by atoms with Crippen molar-refractivity contribution in [1.29, 1.82) is 0 Å². The highest BCUT2D eigenvalue weighted by Gasteiger charge is 2.29. The van der Waals surface area contributed by atoms with Crippen molar-refractivity contribution in [2.45, 2.75) is 27.2 Å². The third kappa shape index (κ3) is 2.71. The first kappa shape index (κ1) is 14.2. The molecule has 1 N–H and O–H groups in total. The van der Waals surface area contributed by atoms with Gasteiger partial charge in [-0.2, -0.15) is 0 Å². The van der Waals surface area contributed by atoms with Crippen LogP contribution in [-0.4, -0.2) is 29.0 Å². The number of nitrogens with zero attached hydrogens (tertiary/aromatic N) is 1. The Morgan fingerprint density at radius 3 is 2.74 bits per heavy atom. The average Bonchev–Trinajstić information content (AvgIpc) is 2.85. The van der Waals surface area contributed by atoms with E-state index in [1.54, 1.807) is 13.0 Å². The molecule has 1 aliphatic rings. The van der Waals surface area contributed by atoms with Gasteiger partial charge in [-0.15, -0.1) is 0 Å². The van der Waals surface area contributed by atoms with Crippen molar-refractivity contribution >= 4 is 17.5 Å². The molecule has 1 unspecified atom stereocenters. The van der Waals surface area contributed by atoms with Gasteiger partial charge in [0.15, 0.2) is 0 Å². The molecule has 1 atom stereocenters. The molecule has 0 radical (unpaired) electrons. The number of carbonyl (C=O) groups excluding carboxylic acids is 1. The van der Waals surface area contributed by atoms with Gasteiger partial charge in [-0.25, -0.2) is 0 Å². The van der Waals surface area contributed by atoms with Crippen molar-refractivity contribution in [3.05, 3.63) is 28.3 Å². The van der Waals surface area contributed by atoms with Crippen LogP contribution in [0.25, 0.3) is 0 Å². The highest BCUT2D eigenvalue weighted by atomic mass is 35.5. The summed E-state index contributed by atoms with van der Waals surface area (Å²) in [5, 5.41) is 9.94. The van der Waals surface area contributed by atoms with E-state index in [2.05, 4.69) is 13.8 Å². The molecule has 1 fully saturated rings. The fraction of sp³-hybridized carbons (Fsp3) is 0.533. The van der Waals surface area contributed by atoms with Crippen LogP contribution in [0.15, 0.2) is 12.1 Å². The lowest BCUT2D eigenvalue weighted by molar-refractivity contribution is 0.0784. The molecule has 0 spiro atoms. The fourth-order valence-electron chi connectivity index (χ4n) is 2.53. The van der Waals surface area contributed by atoms with Gasteiger partial charge < -0.3 is 10.0 Å². The van der Waals surface area contributed by atoms with Crippen molar-refractivity contribution in [2.24, 2.45) is 11.8 Å². The van der Waals surface area contributed by atoms with Crippen LogP contribution in [0.4, 0.5) is 0 Å². The molecule has 2 rings (SSSR count). The van der Waals surface area contributed by atoms with Crippen LogP contribution < -0.4 is 0 Å². The third-order valence-corrected chi connectivity index (χ3v) is 4.53. The smallest absolute Gasteiger partial charge is 0.255 e. The van der Waals surface area contributed by atoms with Crippen LogP contribution >= 0.6 is 11.6 Å². The van der Waals surface area contributed by atoms with Gasteiger partial charge in [0.1, 0.15) is 5.75 Å². The first-order valence-corrected chi connectivity index (χ1v) is 7.07. The Morgan fingerprint density at radius 1 is 1.47 bits per heavy atom. The number of likely N-dealkylation sites (tertiary alicyclic amines) is 1. The lowest BCUT2D eigenvalue weighted by Crippen LogP contribution is -2.29. The molecule has 1 aromatic carbocycles. The Bertz CT molecular complexity index is 499. The molecule has 3 nitrogen and oxygen atoms in total. The van der Waals surface area contributed by atoms with Gasteiger partial charge in [0.05, 0.1) is 10.6 Å². The molecular formula is C15H20ClNO2. The predicted octanol–water partition coefficient (Wildman–Crippen LogP) is 3.47. The lowest BCUT2D eigenvalue weighted by Gasteiger charge is -2.19. The first-order valence-electron chi connectivity index (χ1n) is 6.69. The summed E-state index contributed by atoms with van der Waals surface area (Å²) in [6.07, 6.45) is 1.05. The van der Waals surface area contributed by atoms with Crippen LogP contribution in [0.1, 0.15) is 36.2 Å². The Kier molecular flexibility index (Phi) is 4.04. The summed E-state index contributed by atoms with van der Waals surface area (Å²) in [4.78, 5) is 14.3. The molecule has 19 heavy (non-hydrogen) atoms. The average molecular weight is 282 g/mol. The van der Waals surface area contributed by atoms with E-state index in [9.17, 15) is 9.90 Å². The zero-order chi connectivity index (χ0) is 14.2. The maximum Gasteiger partial charge on any atom is 0.255 e. The van der Waals surface area contributed by atoms with E-state index in [4.69, 9.17) is 11.6 Å². The molecule has 1 aliphatic heterocycles. The van der Waals surface area contributed by atoms with Crippen LogP contribution in [-0.2, 0) is 0 Å². The number of amides is 1. The van der Waals surface area contributed by atoms with E-state index in [1.165, 1.54) is 6.07 Å². The fourth-order valence-corrected chi connectivity index (χ4v) is 2.77. The second-order valence-electron chi connectivity index (χ2n) is 5.62. The van der Waals surface area contributed by atoms with Crippen LogP contribution in [0.5, 0.6) is 5.75 Å². The Labute approximate surface area is 119 Å². The van der Waals surface area contributed by atoms with Crippen molar-refractivity contribution in [1.82, 2.24) is 4.90 Å². The van der Waals surface area contributed by atoms with E-state index >= 15 is 0 Å². The number of benzene rings is 1. The highest BCUT2D eigenvalue weighted by Crippen LogP contribution is 2.31. The summed E-state index contributed by atoms with van der Waals surface area (Å²) in [5.74, 6) is 1.26. The minimum Gasteiger partial charge on any atom is -0.508 e. The Morgan fingerprint density at radius 2 is 2.16 bits per heavy atom. The number of aromatic hydroxyl groups is 1. The molecule has 1 amide bonds. The van der Waals surface area contributed by atoms with Crippen molar-refractivity contribution in [2.75, 3.05) is 13.1 Å². The van der Waals surface area contributed by atoms with Crippen molar-refractivity contribution in [3.63, 3.8) is 0 Å². The lowest BCUT2D eigenvalue weighted by atomic mass is 9.95. The molecular weight excluding hydrogens is 262 g/mol. The molecule has 1 heterocycles. The zero-order valence-electron chi connectivity index (χ0n) is 11.6. The van der Waals surface area contributed by atoms with Crippen LogP contribution in [0.2, 0.25) is 5.02 Å². The van der Waals surface area contributed by atoms with Gasteiger partial charge in [0, 0.05) is 18.7 Å². The molecule has 0 saturated carbocycles. The van der Waals surface area contributed by atoms with Gasteiger partial charge in [-0.1, -0.05) is 25.4 Å². The summed E-state index contributed by atoms with van der Waals surface area (Å²) in [6.45, 7) is 7.69. The predicted molar refractivity (Wildman–Crippen MR) is 76.7 cm³/mol. The normalized spacial score (nSPS) is 19.2. The van der Waals surface area contributed by atoms with Gasteiger partial charge in [-0.3, -0.25) is 4.79 Å². The first-order chi connectivity index (χ1) is 8.91. The second kappa shape index (κ2) is 5.41. The SMILES string of the molecule is Cc1c(O)ccc(C(=O)N2CCC(C(C)C)C2)c1Cl. The number of phenols is 1. The number of carbonyl (C=O) groups is 1. The summed E-state index contributed by atoms with van der Waals surface area (Å²) in [7, 11) is 0. The summed E-state index contributed by atoms with van der Waals surface area (Å²) < 4.78 is 0. The maximum absolute atomic E-state index is 12.5. The van der Waals surface area contributed by atoms with Gasteiger partial charge in [-0.05, 0) is 37.3 Å². The number of hydrogen-bond donors (Lipinski definition) is 1. The van der Waals surface area contributed by atoms with Crippen molar-refractivity contribution < 1.29 is 9.90 Å². The minimum atomic E-state index is -0.0312. The van der Waals surface area contributed by atoms with Gasteiger partial charge >= 0.3 is 0 Å². The van der Waals surface area contributed by atoms with Crippen LogP contribution in [0.3, 0.4) is 0 Å². The number of rotatable bonds is 2. The molecule has 0 bridgehead atoms. The number of phenolic OH excluding ortho intramolecular Hbond substituents is 1. The maximum atomic E-state index is 12.5. The minimum absolute atomic E-state index is 0.0312. The second-order valence-corrected chi connectivity index (χ2v) is 5.99.